The summed E-state index contributed by atoms with van der Waals surface area (Å²) in [5.41, 5.74) is 4.80. The van der Waals surface area contributed by atoms with Crippen molar-refractivity contribution in [2.45, 2.75) is 13.0 Å². The molecule has 2 amide bonds. The van der Waals surface area contributed by atoms with Crippen LogP contribution in [0.4, 0.5) is 11.9 Å². The van der Waals surface area contributed by atoms with Crippen molar-refractivity contribution in [1.82, 2.24) is 14.8 Å². The van der Waals surface area contributed by atoms with Crippen LogP contribution in [-0.4, -0.2) is 26.6 Å². The summed E-state index contributed by atoms with van der Waals surface area (Å²) in [5.74, 6) is -0.305. The van der Waals surface area contributed by atoms with Crippen LogP contribution >= 0.6 is 0 Å². The summed E-state index contributed by atoms with van der Waals surface area (Å²) >= 11 is 0. The molecule has 2 aliphatic rings. The van der Waals surface area contributed by atoms with Crippen LogP contribution in [0.2, 0.25) is 0 Å². The molecule has 0 radical (unpaired) electrons. The monoisotopic (exact) mass is 433 g/mol. The van der Waals surface area contributed by atoms with E-state index in [-0.39, 0.29) is 12.0 Å². The van der Waals surface area contributed by atoms with Crippen LogP contribution in [-0.2, 0) is 0 Å². The molecule has 0 unspecified atom stereocenters. The number of hydrogen-bond donors (Lipinski definition) is 1. The van der Waals surface area contributed by atoms with Gasteiger partial charge in [0.2, 0.25) is 5.95 Å². The first kappa shape index (κ1) is 19.2. The molecule has 1 N–H and O–H groups in total. The maximum atomic E-state index is 13.0. The predicted molar refractivity (Wildman–Crippen MR) is 125 cm³/mol. The zero-order valence-electron chi connectivity index (χ0n) is 17.8. The summed E-state index contributed by atoms with van der Waals surface area (Å²) in [5, 5.41) is 7.93. The number of carbonyl (C=O) groups is 2. The highest BCUT2D eigenvalue weighted by Gasteiger charge is 2.40. The van der Waals surface area contributed by atoms with Gasteiger partial charge in [0.25, 0.3) is 17.8 Å². The fraction of sp³-hybridized carbons (Fsp3) is 0.0769. The number of hydrogen-bond acceptors (Lipinski definition) is 5. The molecule has 3 heterocycles. The van der Waals surface area contributed by atoms with E-state index >= 15 is 0 Å². The van der Waals surface area contributed by atoms with E-state index in [4.69, 9.17) is 0 Å². The molecular weight excluding hydrogens is 414 g/mol. The largest absolute Gasteiger partial charge is 0.324 e. The number of anilines is 2. The number of imide groups is 1. The summed E-state index contributed by atoms with van der Waals surface area (Å²) in [4.78, 5) is 31.6. The first-order chi connectivity index (χ1) is 16.1. The van der Waals surface area contributed by atoms with Gasteiger partial charge in [0.05, 0.1) is 11.1 Å². The number of amides is 2. The number of aryl methyl sites for hydroxylation is 1. The minimum Gasteiger partial charge on any atom is -0.324 e. The number of nitrogens with zero attached hydrogens (tertiary/aromatic N) is 4. The highest BCUT2D eigenvalue weighted by atomic mass is 16.2. The smallest absolute Gasteiger partial charge is 0.268 e. The Morgan fingerprint density at radius 2 is 1.45 bits per heavy atom. The molecule has 6 rings (SSSR count). The van der Waals surface area contributed by atoms with Gasteiger partial charge in [0.1, 0.15) is 6.04 Å². The zero-order chi connectivity index (χ0) is 22.5. The molecule has 7 nitrogen and oxygen atoms in total. The lowest BCUT2D eigenvalue weighted by Gasteiger charge is -2.24. The quantitative estimate of drug-likeness (QED) is 0.483. The molecule has 2 aliphatic heterocycles. The Labute approximate surface area is 190 Å². The normalized spacial score (nSPS) is 16.8. The second kappa shape index (κ2) is 7.27. The van der Waals surface area contributed by atoms with Crippen molar-refractivity contribution in [2.24, 2.45) is 0 Å². The zero-order valence-corrected chi connectivity index (χ0v) is 17.8. The summed E-state index contributed by atoms with van der Waals surface area (Å²) in [6.45, 7) is 2.04. The second-order valence-electron chi connectivity index (χ2n) is 8.10. The molecule has 7 heteroatoms. The van der Waals surface area contributed by atoms with Gasteiger partial charge in [0, 0.05) is 5.70 Å². The van der Waals surface area contributed by atoms with Crippen LogP contribution < -0.4 is 10.2 Å². The third-order valence-corrected chi connectivity index (χ3v) is 5.95. The van der Waals surface area contributed by atoms with E-state index in [2.05, 4.69) is 45.7 Å². The lowest BCUT2D eigenvalue weighted by molar-refractivity contribution is 0.0924. The minimum atomic E-state index is -0.415. The van der Waals surface area contributed by atoms with Gasteiger partial charge in [-0.05, 0) is 36.3 Å². The van der Waals surface area contributed by atoms with Crippen LogP contribution in [0.3, 0.4) is 0 Å². The summed E-state index contributed by atoms with van der Waals surface area (Å²) in [6, 6.07) is 24.7. The van der Waals surface area contributed by atoms with E-state index in [1.165, 1.54) is 0 Å². The molecule has 0 bridgehead atoms. The Morgan fingerprint density at radius 3 is 2.12 bits per heavy atom. The molecule has 3 aromatic carbocycles. The molecule has 0 saturated heterocycles. The van der Waals surface area contributed by atoms with Crippen LogP contribution in [0.1, 0.15) is 43.4 Å². The van der Waals surface area contributed by atoms with E-state index in [1.54, 1.807) is 28.9 Å². The van der Waals surface area contributed by atoms with Crippen LogP contribution in [0.25, 0.3) is 5.70 Å². The van der Waals surface area contributed by atoms with Gasteiger partial charge in [-0.1, -0.05) is 72.3 Å². The minimum absolute atomic E-state index is 0.0588. The maximum absolute atomic E-state index is 13.0. The van der Waals surface area contributed by atoms with E-state index < -0.39 is 11.8 Å². The van der Waals surface area contributed by atoms with Gasteiger partial charge in [0.15, 0.2) is 0 Å². The lowest BCUT2D eigenvalue weighted by atomic mass is 10.0. The SMILES string of the molecule is Cc1ccc([C@@H]2C=C(c3ccccc3)Nc3nc(N4C(=O)c5ccccc5C4=O)nn32)cc1. The summed E-state index contributed by atoms with van der Waals surface area (Å²) < 4.78 is 1.72. The Morgan fingerprint density at radius 1 is 0.818 bits per heavy atom. The van der Waals surface area contributed by atoms with Gasteiger partial charge in [-0.2, -0.15) is 4.98 Å². The van der Waals surface area contributed by atoms with Crippen LogP contribution in [0.15, 0.2) is 84.9 Å². The Kier molecular flexibility index (Phi) is 4.23. The number of carbonyl (C=O) groups excluding carboxylic acids is 2. The van der Waals surface area contributed by atoms with Crippen molar-refractivity contribution in [3.05, 3.63) is 113 Å². The standard InChI is InChI=1S/C26H19N5O2/c1-16-11-13-18(14-12-16)22-15-21(17-7-3-2-4-8-17)27-25-28-26(29-31(22)25)30-23(32)19-9-5-6-10-20(19)24(30)33/h2-15,22H,1H3,(H,27,28,29)/t22-/m0/s1. The van der Waals surface area contributed by atoms with Gasteiger partial charge in [-0.3, -0.25) is 9.59 Å². The highest BCUT2D eigenvalue weighted by molar-refractivity contribution is 6.33. The van der Waals surface area contributed by atoms with Crippen molar-refractivity contribution in [3.63, 3.8) is 0 Å². The van der Waals surface area contributed by atoms with E-state index in [0.717, 1.165) is 27.3 Å². The number of benzene rings is 3. The molecule has 0 saturated carbocycles. The third-order valence-electron chi connectivity index (χ3n) is 5.95. The first-order valence-corrected chi connectivity index (χ1v) is 10.7. The van der Waals surface area contributed by atoms with Crippen LogP contribution in [0.5, 0.6) is 0 Å². The predicted octanol–water partition coefficient (Wildman–Crippen LogP) is 4.44. The van der Waals surface area contributed by atoms with Crippen molar-refractivity contribution in [2.75, 3.05) is 10.2 Å². The molecule has 4 aromatic rings. The lowest BCUT2D eigenvalue weighted by Crippen LogP contribution is -2.30. The molecule has 0 spiro atoms. The van der Waals surface area contributed by atoms with Crippen molar-refractivity contribution < 1.29 is 9.59 Å². The van der Waals surface area contributed by atoms with Gasteiger partial charge in [-0.25, -0.2) is 9.58 Å². The fourth-order valence-electron chi connectivity index (χ4n) is 4.23. The Hall–Kier alpha value is -4.52. The molecule has 0 fully saturated rings. The molecule has 1 atom stereocenters. The average molecular weight is 433 g/mol. The number of allylic oxidation sites excluding steroid dienone is 1. The number of fused-ring (bicyclic) bond motifs is 2. The van der Waals surface area contributed by atoms with Crippen molar-refractivity contribution >= 4 is 29.4 Å². The van der Waals surface area contributed by atoms with E-state index in [9.17, 15) is 9.59 Å². The average Bonchev–Trinajstić information content (AvgIpc) is 3.38. The van der Waals surface area contributed by atoms with Gasteiger partial charge in [-0.15, -0.1) is 5.10 Å². The van der Waals surface area contributed by atoms with Crippen molar-refractivity contribution in [1.29, 1.82) is 0 Å². The maximum Gasteiger partial charge on any atom is 0.268 e. The molecule has 160 valence electrons. The topological polar surface area (TPSA) is 80.1 Å². The molecule has 0 aliphatic carbocycles. The summed E-state index contributed by atoms with van der Waals surface area (Å²) in [6.07, 6.45) is 2.08. The Bertz CT molecular complexity index is 1400. The van der Waals surface area contributed by atoms with E-state index in [0.29, 0.717) is 17.1 Å². The van der Waals surface area contributed by atoms with Gasteiger partial charge < -0.3 is 5.32 Å². The third kappa shape index (κ3) is 3.05. The van der Waals surface area contributed by atoms with Crippen molar-refractivity contribution in [3.8, 4) is 0 Å². The molecule has 33 heavy (non-hydrogen) atoms. The number of nitrogens with one attached hydrogen (secondary N) is 1. The van der Waals surface area contributed by atoms with E-state index in [1.807, 2.05) is 37.3 Å². The fourth-order valence-corrected chi connectivity index (χ4v) is 4.23. The Balaban J connectivity index is 1.46. The molecule has 1 aromatic heterocycles. The number of rotatable bonds is 3. The number of aromatic nitrogens is 3. The first-order valence-electron chi connectivity index (χ1n) is 10.7. The highest BCUT2D eigenvalue weighted by Crippen LogP contribution is 2.35. The van der Waals surface area contributed by atoms with Crippen LogP contribution in [0, 0.1) is 6.92 Å². The van der Waals surface area contributed by atoms with Gasteiger partial charge >= 0.3 is 0 Å². The summed E-state index contributed by atoms with van der Waals surface area (Å²) in [7, 11) is 0. The second-order valence-corrected chi connectivity index (χ2v) is 8.10. The molecular formula is C26H19N5O2.